The van der Waals surface area contributed by atoms with E-state index in [1.807, 2.05) is 19.9 Å². The number of nitrogens with one attached hydrogen (secondary N) is 1. The smallest absolute Gasteiger partial charge is 0.194 e. The van der Waals surface area contributed by atoms with Crippen LogP contribution in [0.5, 0.6) is 0 Å². The van der Waals surface area contributed by atoms with E-state index in [0.29, 0.717) is 0 Å². The van der Waals surface area contributed by atoms with Gasteiger partial charge in [0, 0.05) is 23.5 Å². The van der Waals surface area contributed by atoms with Crippen molar-refractivity contribution in [3.63, 3.8) is 0 Å². The molecule has 0 aromatic carbocycles. The van der Waals surface area contributed by atoms with Crippen molar-refractivity contribution in [2.24, 2.45) is 0 Å². The molecule has 0 saturated carbocycles. The van der Waals surface area contributed by atoms with Gasteiger partial charge >= 0.3 is 0 Å². The van der Waals surface area contributed by atoms with Crippen LogP contribution < -0.4 is 5.32 Å². The summed E-state index contributed by atoms with van der Waals surface area (Å²) in [5.74, 6) is 0.918. The molecule has 21 heavy (non-hydrogen) atoms. The summed E-state index contributed by atoms with van der Waals surface area (Å²) in [6.07, 6.45) is 3.54. The zero-order valence-electron chi connectivity index (χ0n) is 13.0. The quantitative estimate of drug-likeness (QED) is 0.651. The van der Waals surface area contributed by atoms with Gasteiger partial charge in [-0.05, 0) is 44.5 Å². The molecule has 0 spiro atoms. The van der Waals surface area contributed by atoms with Crippen LogP contribution in [-0.2, 0) is 6.42 Å². The van der Waals surface area contributed by atoms with Crippen molar-refractivity contribution in [3.05, 3.63) is 29.3 Å². The molecule has 0 radical (unpaired) electrons. The van der Waals surface area contributed by atoms with Gasteiger partial charge in [0.05, 0.1) is 0 Å². The summed E-state index contributed by atoms with van der Waals surface area (Å²) < 4.78 is 0. The number of hydrogen-bond donors (Lipinski definition) is 1. The normalized spacial score (nSPS) is 10.7. The molecule has 0 unspecified atom stereocenters. The Hall–Kier alpha value is -1.69. The Bertz CT molecular complexity index is 595. The highest BCUT2D eigenvalue weighted by Crippen LogP contribution is 2.29. The molecule has 2 aromatic heterocycles. The van der Waals surface area contributed by atoms with Gasteiger partial charge in [0.2, 0.25) is 0 Å². The van der Waals surface area contributed by atoms with Crippen LogP contribution in [0.1, 0.15) is 37.2 Å². The van der Waals surface area contributed by atoms with E-state index in [-0.39, 0.29) is 0 Å². The maximum atomic E-state index is 4.47. The number of rotatable bonds is 6. The summed E-state index contributed by atoms with van der Waals surface area (Å²) in [5.41, 5.74) is 3.07. The number of aromatic nitrogens is 4. The van der Waals surface area contributed by atoms with E-state index in [2.05, 4.69) is 39.1 Å². The lowest BCUT2D eigenvalue weighted by molar-refractivity contribution is 0.883. The van der Waals surface area contributed by atoms with Crippen LogP contribution in [0.15, 0.2) is 22.6 Å². The summed E-state index contributed by atoms with van der Waals surface area (Å²) in [5, 5.41) is 5.02. The highest BCUT2D eigenvalue weighted by atomic mass is 32.2. The minimum absolute atomic E-state index is 0.738. The second kappa shape index (κ2) is 7.36. The molecule has 0 fully saturated rings. The van der Waals surface area contributed by atoms with Crippen LogP contribution in [0, 0.1) is 13.8 Å². The first kappa shape index (κ1) is 15.7. The lowest BCUT2D eigenvalue weighted by Gasteiger charge is -2.12. The zero-order chi connectivity index (χ0) is 15.2. The van der Waals surface area contributed by atoms with Crippen molar-refractivity contribution >= 4 is 17.6 Å². The Labute approximate surface area is 130 Å². The molecular formula is C15H21N5S. The average molecular weight is 303 g/mol. The van der Waals surface area contributed by atoms with Crippen LogP contribution in [0.25, 0.3) is 0 Å². The molecule has 0 aliphatic carbocycles. The van der Waals surface area contributed by atoms with Gasteiger partial charge in [-0.3, -0.25) is 0 Å². The molecule has 0 amide bonds. The zero-order valence-corrected chi connectivity index (χ0v) is 13.8. The summed E-state index contributed by atoms with van der Waals surface area (Å²) in [6, 6.07) is 1.97. The molecule has 2 aromatic rings. The molecule has 1 N–H and O–H groups in total. The first-order valence-electron chi connectivity index (χ1n) is 7.21. The molecule has 6 heteroatoms. The topological polar surface area (TPSA) is 63.6 Å². The van der Waals surface area contributed by atoms with Crippen LogP contribution >= 0.6 is 11.8 Å². The van der Waals surface area contributed by atoms with Crippen LogP contribution in [0.4, 0.5) is 5.82 Å². The Morgan fingerprint density at radius 2 is 1.81 bits per heavy atom. The fraction of sp³-hybridized carbons (Fsp3) is 0.467. The van der Waals surface area contributed by atoms with Crippen molar-refractivity contribution in [1.29, 1.82) is 0 Å². The Morgan fingerprint density at radius 1 is 1.10 bits per heavy atom. The second-order valence-corrected chi connectivity index (χ2v) is 5.78. The number of aryl methyl sites for hydroxylation is 2. The van der Waals surface area contributed by atoms with Crippen molar-refractivity contribution < 1.29 is 0 Å². The third-order valence-corrected chi connectivity index (χ3v) is 3.86. The van der Waals surface area contributed by atoms with E-state index in [0.717, 1.165) is 52.3 Å². The van der Waals surface area contributed by atoms with Gasteiger partial charge < -0.3 is 5.32 Å². The average Bonchev–Trinajstić information content (AvgIpc) is 2.44. The van der Waals surface area contributed by atoms with E-state index in [1.165, 1.54) is 11.8 Å². The van der Waals surface area contributed by atoms with E-state index in [4.69, 9.17) is 0 Å². The SMILES string of the molecule is CCCNc1ncnc(Sc2nc(C)cc(C)n2)c1CC. The number of hydrogen-bond acceptors (Lipinski definition) is 6. The molecule has 0 aliphatic heterocycles. The maximum Gasteiger partial charge on any atom is 0.194 e. The van der Waals surface area contributed by atoms with Gasteiger partial charge in [-0.1, -0.05) is 13.8 Å². The molecule has 0 atom stereocenters. The van der Waals surface area contributed by atoms with Gasteiger partial charge in [0.25, 0.3) is 0 Å². The fourth-order valence-corrected chi connectivity index (χ4v) is 3.04. The summed E-state index contributed by atoms with van der Waals surface area (Å²) in [6.45, 7) is 9.12. The monoisotopic (exact) mass is 303 g/mol. The van der Waals surface area contributed by atoms with E-state index >= 15 is 0 Å². The molecule has 2 rings (SSSR count). The molecule has 2 heterocycles. The maximum absolute atomic E-state index is 4.47. The number of nitrogens with zero attached hydrogens (tertiary/aromatic N) is 4. The van der Waals surface area contributed by atoms with Crippen molar-refractivity contribution in [2.45, 2.75) is 50.7 Å². The van der Waals surface area contributed by atoms with Gasteiger partial charge in [-0.2, -0.15) is 0 Å². The minimum Gasteiger partial charge on any atom is -0.370 e. The summed E-state index contributed by atoms with van der Waals surface area (Å²) in [4.78, 5) is 17.7. The van der Waals surface area contributed by atoms with E-state index < -0.39 is 0 Å². The summed E-state index contributed by atoms with van der Waals surface area (Å²) >= 11 is 1.50. The number of anilines is 1. The van der Waals surface area contributed by atoms with Crippen LogP contribution in [0.3, 0.4) is 0 Å². The summed E-state index contributed by atoms with van der Waals surface area (Å²) in [7, 11) is 0. The van der Waals surface area contributed by atoms with Gasteiger partial charge in [-0.15, -0.1) is 0 Å². The molecule has 112 valence electrons. The van der Waals surface area contributed by atoms with Crippen molar-refractivity contribution in [1.82, 2.24) is 19.9 Å². The Morgan fingerprint density at radius 3 is 2.43 bits per heavy atom. The minimum atomic E-state index is 0.738. The lowest BCUT2D eigenvalue weighted by Crippen LogP contribution is -2.07. The van der Waals surface area contributed by atoms with Gasteiger partial charge in [-0.25, -0.2) is 19.9 Å². The third-order valence-electron chi connectivity index (χ3n) is 2.95. The Balaban J connectivity index is 2.30. The van der Waals surface area contributed by atoms with Gasteiger partial charge in [0.1, 0.15) is 17.2 Å². The molecule has 0 saturated heterocycles. The highest BCUT2D eigenvalue weighted by Gasteiger charge is 2.12. The molecular weight excluding hydrogens is 282 g/mol. The molecule has 0 bridgehead atoms. The van der Waals surface area contributed by atoms with Gasteiger partial charge in [0.15, 0.2) is 5.16 Å². The first-order valence-corrected chi connectivity index (χ1v) is 8.03. The largest absolute Gasteiger partial charge is 0.370 e. The van der Waals surface area contributed by atoms with Crippen LogP contribution in [0.2, 0.25) is 0 Å². The Kier molecular flexibility index (Phi) is 5.50. The van der Waals surface area contributed by atoms with Crippen molar-refractivity contribution in [3.8, 4) is 0 Å². The molecule has 0 aliphatic rings. The lowest BCUT2D eigenvalue weighted by atomic mass is 10.2. The molecule has 5 nitrogen and oxygen atoms in total. The third kappa shape index (κ3) is 4.14. The van der Waals surface area contributed by atoms with E-state index in [1.54, 1.807) is 6.33 Å². The standard InChI is InChI=1S/C15H21N5S/c1-5-7-16-13-12(6-2)14(18-9-17-13)21-15-19-10(3)8-11(4)20-15/h8-9H,5-7H2,1-4H3,(H,16,17,18). The van der Waals surface area contributed by atoms with E-state index in [9.17, 15) is 0 Å². The first-order chi connectivity index (χ1) is 10.1. The predicted octanol–water partition coefficient (Wildman–Crippen LogP) is 3.42. The predicted molar refractivity (Wildman–Crippen MR) is 85.8 cm³/mol. The highest BCUT2D eigenvalue weighted by molar-refractivity contribution is 7.99. The van der Waals surface area contributed by atoms with Crippen LogP contribution in [-0.4, -0.2) is 26.5 Å². The fourth-order valence-electron chi connectivity index (χ4n) is 2.02. The van der Waals surface area contributed by atoms with Crippen molar-refractivity contribution in [2.75, 3.05) is 11.9 Å². The second-order valence-electron chi connectivity index (χ2n) is 4.82.